The average Bonchev–Trinajstić information content (AvgIpc) is 3.21. The maximum Gasteiger partial charge on any atom is 0.407 e. The molecule has 1 aliphatic carbocycles. The van der Waals surface area contributed by atoms with Crippen molar-refractivity contribution in [3.05, 3.63) is 30.1 Å². The number of hydrogen-bond donors (Lipinski definition) is 1. The van der Waals surface area contributed by atoms with Gasteiger partial charge in [0, 0.05) is 32.4 Å². The van der Waals surface area contributed by atoms with Crippen LogP contribution in [0.5, 0.6) is 0 Å². The molecule has 2 heterocycles. The lowest BCUT2D eigenvalue weighted by Crippen LogP contribution is -2.52. The lowest BCUT2D eigenvalue weighted by atomic mass is 10.1. The number of rotatable bonds is 2. The maximum atomic E-state index is 10.9. The number of carbonyl (C=O) groups is 1. The second-order valence-corrected chi connectivity index (χ2v) is 5.00. The van der Waals surface area contributed by atoms with Crippen LogP contribution >= 0.6 is 0 Å². The summed E-state index contributed by atoms with van der Waals surface area (Å²) in [6.07, 6.45) is 3.30. The highest BCUT2D eigenvalue weighted by molar-refractivity contribution is 5.65. The summed E-state index contributed by atoms with van der Waals surface area (Å²) in [5.74, 6) is 0. The fourth-order valence-electron chi connectivity index (χ4n) is 2.82. The first-order chi connectivity index (χ1) is 8.72. The Morgan fingerprint density at radius 2 is 1.94 bits per heavy atom. The Balaban J connectivity index is 1.72. The van der Waals surface area contributed by atoms with Crippen molar-refractivity contribution in [2.45, 2.75) is 18.4 Å². The van der Waals surface area contributed by atoms with Crippen molar-refractivity contribution in [1.29, 1.82) is 0 Å². The minimum absolute atomic E-state index is 0.0891. The number of nitrogens with zero attached hydrogens (tertiary/aromatic N) is 3. The van der Waals surface area contributed by atoms with Gasteiger partial charge in [0.15, 0.2) is 0 Å². The van der Waals surface area contributed by atoms with Gasteiger partial charge in [0.2, 0.25) is 0 Å². The molecule has 1 aliphatic heterocycles. The normalized spacial score (nSPS) is 22.8. The van der Waals surface area contributed by atoms with Gasteiger partial charge < -0.3 is 10.0 Å². The van der Waals surface area contributed by atoms with Gasteiger partial charge in [-0.25, -0.2) is 4.79 Å². The highest BCUT2D eigenvalue weighted by Crippen LogP contribution is 2.50. The monoisotopic (exact) mass is 247 g/mol. The third-order valence-electron chi connectivity index (χ3n) is 4.02. The first kappa shape index (κ1) is 11.5. The molecule has 1 aromatic heterocycles. The SMILES string of the molecule is O=C(O)N1CCN(C2(c3ccccn3)CC2)CC1. The summed E-state index contributed by atoms with van der Waals surface area (Å²) in [5, 5.41) is 8.96. The Hall–Kier alpha value is -1.62. The van der Waals surface area contributed by atoms with Crippen LogP contribution in [-0.4, -0.2) is 52.2 Å². The van der Waals surface area contributed by atoms with Gasteiger partial charge in [-0.3, -0.25) is 9.88 Å². The molecule has 18 heavy (non-hydrogen) atoms. The number of aromatic nitrogens is 1. The van der Waals surface area contributed by atoms with Crippen LogP contribution in [0.4, 0.5) is 4.79 Å². The molecule has 96 valence electrons. The highest BCUT2D eigenvalue weighted by Gasteiger charge is 2.51. The Morgan fingerprint density at radius 1 is 1.22 bits per heavy atom. The van der Waals surface area contributed by atoms with Crippen LogP contribution in [0.15, 0.2) is 24.4 Å². The van der Waals surface area contributed by atoms with Crippen LogP contribution in [0.1, 0.15) is 18.5 Å². The van der Waals surface area contributed by atoms with Gasteiger partial charge in [0.05, 0.1) is 11.2 Å². The topological polar surface area (TPSA) is 56.7 Å². The van der Waals surface area contributed by atoms with E-state index in [1.807, 2.05) is 18.3 Å². The second-order valence-electron chi connectivity index (χ2n) is 5.00. The van der Waals surface area contributed by atoms with Crippen molar-refractivity contribution in [2.24, 2.45) is 0 Å². The third kappa shape index (κ3) is 1.84. The van der Waals surface area contributed by atoms with E-state index in [1.54, 1.807) is 0 Å². The highest BCUT2D eigenvalue weighted by atomic mass is 16.4. The molecular weight excluding hydrogens is 230 g/mol. The molecule has 0 bridgehead atoms. The lowest BCUT2D eigenvalue weighted by Gasteiger charge is -2.38. The van der Waals surface area contributed by atoms with Crippen LogP contribution in [0, 0.1) is 0 Å². The van der Waals surface area contributed by atoms with E-state index < -0.39 is 6.09 Å². The fourth-order valence-corrected chi connectivity index (χ4v) is 2.82. The molecule has 0 aromatic carbocycles. The van der Waals surface area contributed by atoms with Gasteiger partial charge in [-0.1, -0.05) is 6.07 Å². The Kier molecular flexibility index (Phi) is 2.70. The first-order valence-corrected chi connectivity index (χ1v) is 6.37. The quantitative estimate of drug-likeness (QED) is 0.857. The first-order valence-electron chi connectivity index (χ1n) is 6.37. The summed E-state index contributed by atoms with van der Waals surface area (Å²) < 4.78 is 0. The number of hydrogen-bond acceptors (Lipinski definition) is 3. The maximum absolute atomic E-state index is 10.9. The summed E-state index contributed by atoms with van der Waals surface area (Å²) in [5.41, 5.74) is 1.22. The van der Waals surface area contributed by atoms with E-state index in [2.05, 4.69) is 16.0 Å². The number of pyridine rings is 1. The van der Waals surface area contributed by atoms with Gasteiger partial charge in [-0.2, -0.15) is 0 Å². The molecular formula is C13H17N3O2. The minimum Gasteiger partial charge on any atom is -0.465 e. The van der Waals surface area contributed by atoms with Crippen LogP contribution in [0.25, 0.3) is 0 Å². The molecule has 1 aromatic rings. The van der Waals surface area contributed by atoms with Crippen molar-refractivity contribution in [1.82, 2.24) is 14.8 Å². The second kappa shape index (κ2) is 4.24. The van der Waals surface area contributed by atoms with Crippen molar-refractivity contribution in [2.75, 3.05) is 26.2 Å². The molecule has 0 atom stereocenters. The zero-order valence-corrected chi connectivity index (χ0v) is 10.2. The zero-order valence-electron chi connectivity index (χ0n) is 10.2. The molecule has 1 N–H and O–H groups in total. The van der Waals surface area contributed by atoms with E-state index in [-0.39, 0.29) is 5.54 Å². The molecule has 0 unspecified atom stereocenters. The third-order valence-corrected chi connectivity index (χ3v) is 4.02. The van der Waals surface area contributed by atoms with Gasteiger partial charge in [0.25, 0.3) is 0 Å². The number of piperazine rings is 1. The number of carboxylic acid groups (broad SMARTS) is 1. The molecule has 5 nitrogen and oxygen atoms in total. The fraction of sp³-hybridized carbons (Fsp3) is 0.538. The zero-order chi connectivity index (χ0) is 12.6. The summed E-state index contributed by atoms with van der Waals surface area (Å²) in [6.45, 7) is 2.82. The molecule has 2 aliphatic rings. The van der Waals surface area contributed by atoms with Crippen molar-refractivity contribution in [3.8, 4) is 0 Å². The molecule has 3 rings (SSSR count). The Morgan fingerprint density at radius 3 is 2.44 bits per heavy atom. The van der Waals surface area contributed by atoms with Crippen molar-refractivity contribution in [3.63, 3.8) is 0 Å². The van der Waals surface area contributed by atoms with Crippen molar-refractivity contribution < 1.29 is 9.90 Å². The van der Waals surface area contributed by atoms with Gasteiger partial charge in [-0.15, -0.1) is 0 Å². The molecule has 5 heteroatoms. The van der Waals surface area contributed by atoms with E-state index in [4.69, 9.17) is 5.11 Å². The predicted molar refractivity (Wildman–Crippen MR) is 66.3 cm³/mol. The van der Waals surface area contributed by atoms with Gasteiger partial charge >= 0.3 is 6.09 Å². The van der Waals surface area contributed by atoms with Gasteiger partial charge in [-0.05, 0) is 25.0 Å². The molecule has 2 fully saturated rings. The molecule has 0 spiro atoms. The number of amides is 1. The minimum atomic E-state index is -0.808. The Labute approximate surface area is 106 Å². The Bertz CT molecular complexity index is 437. The average molecular weight is 247 g/mol. The molecule has 1 saturated carbocycles. The molecule has 1 amide bonds. The lowest BCUT2D eigenvalue weighted by molar-refractivity contribution is 0.0749. The van der Waals surface area contributed by atoms with Crippen LogP contribution in [-0.2, 0) is 5.54 Å². The largest absolute Gasteiger partial charge is 0.465 e. The van der Waals surface area contributed by atoms with E-state index in [1.165, 1.54) is 4.90 Å². The summed E-state index contributed by atoms with van der Waals surface area (Å²) in [6, 6.07) is 6.04. The summed E-state index contributed by atoms with van der Waals surface area (Å²) in [7, 11) is 0. The van der Waals surface area contributed by atoms with Crippen LogP contribution in [0.3, 0.4) is 0 Å². The van der Waals surface area contributed by atoms with E-state index in [0.29, 0.717) is 13.1 Å². The summed E-state index contributed by atoms with van der Waals surface area (Å²) >= 11 is 0. The predicted octanol–water partition coefficient (Wildman–Crippen LogP) is 1.37. The standard InChI is InChI=1S/C13H17N3O2/c17-12(18)15-7-9-16(10-8-15)13(4-5-13)11-3-1-2-6-14-11/h1-3,6H,4-5,7-10H2,(H,17,18). The van der Waals surface area contributed by atoms with Crippen molar-refractivity contribution >= 4 is 6.09 Å². The van der Waals surface area contributed by atoms with E-state index in [0.717, 1.165) is 31.6 Å². The van der Waals surface area contributed by atoms with Crippen LogP contribution in [0.2, 0.25) is 0 Å². The summed E-state index contributed by atoms with van der Waals surface area (Å²) in [4.78, 5) is 19.3. The van der Waals surface area contributed by atoms with E-state index >= 15 is 0 Å². The molecule has 0 radical (unpaired) electrons. The smallest absolute Gasteiger partial charge is 0.407 e. The van der Waals surface area contributed by atoms with Crippen LogP contribution < -0.4 is 0 Å². The molecule has 1 saturated heterocycles. The van der Waals surface area contributed by atoms with E-state index in [9.17, 15) is 4.79 Å². The van der Waals surface area contributed by atoms with Gasteiger partial charge in [0.1, 0.15) is 0 Å².